The van der Waals surface area contributed by atoms with Crippen LogP contribution < -0.4 is 0 Å². The zero-order valence-electron chi connectivity index (χ0n) is 14.8. The second-order valence-electron chi connectivity index (χ2n) is 8.39. The van der Waals surface area contributed by atoms with E-state index in [1.807, 2.05) is 6.20 Å². The van der Waals surface area contributed by atoms with Gasteiger partial charge < -0.3 is 4.57 Å². The summed E-state index contributed by atoms with van der Waals surface area (Å²) in [6.07, 6.45) is 2.02. The molecule has 0 aliphatic carbocycles. The molecule has 0 saturated carbocycles. The molecule has 0 amide bonds. The van der Waals surface area contributed by atoms with Crippen LogP contribution in [0, 0.1) is 0 Å². The topological polar surface area (TPSA) is 17.8 Å². The van der Waals surface area contributed by atoms with Crippen LogP contribution in [-0.2, 0) is 17.9 Å². The Labute approximate surface area is 133 Å². The molecule has 0 saturated heterocycles. The van der Waals surface area contributed by atoms with Crippen LogP contribution in [-0.4, -0.2) is 9.55 Å². The Kier molecular flexibility index (Phi) is 3.14. The first-order chi connectivity index (χ1) is 10.1. The second-order valence-corrected chi connectivity index (χ2v) is 8.39. The first-order valence-corrected chi connectivity index (χ1v) is 7.98. The van der Waals surface area contributed by atoms with E-state index in [0.717, 1.165) is 5.65 Å². The van der Waals surface area contributed by atoms with E-state index in [0.29, 0.717) is 0 Å². The lowest BCUT2D eigenvalue weighted by Crippen LogP contribution is -2.11. The highest BCUT2D eigenvalue weighted by Crippen LogP contribution is 2.33. The summed E-state index contributed by atoms with van der Waals surface area (Å²) < 4.78 is 2.20. The van der Waals surface area contributed by atoms with Gasteiger partial charge in [0.25, 0.3) is 0 Å². The molecule has 22 heavy (non-hydrogen) atoms. The number of nitrogens with zero attached hydrogens (tertiary/aromatic N) is 2. The Morgan fingerprint density at radius 2 is 1.41 bits per heavy atom. The highest BCUT2D eigenvalue weighted by molar-refractivity contribution is 6.07. The molecule has 3 aromatic rings. The van der Waals surface area contributed by atoms with Gasteiger partial charge in [0, 0.05) is 24.0 Å². The summed E-state index contributed by atoms with van der Waals surface area (Å²) in [5.74, 6) is 0. The molecule has 0 aliphatic rings. The third-order valence-corrected chi connectivity index (χ3v) is 4.56. The number of hydrogen-bond donors (Lipinski definition) is 0. The summed E-state index contributed by atoms with van der Waals surface area (Å²) in [6, 6.07) is 9.13. The van der Waals surface area contributed by atoms with Crippen LogP contribution >= 0.6 is 0 Å². The average molecular weight is 294 g/mol. The van der Waals surface area contributed by atoms with Gasteiger partial charge in [0.05, 0.1) is 5.52 Å². The van der Waals surface area contributed by atoms with Gasteiger partial charge in [-0.3, -0.25) is 0 Å². The van der Waals surface area contributed by atoms with Crippen molar-refractivity contribution in [3.8, 4) is 0 Å². The van der Waals surface area contributed by atoms with Crippen molar-refractivity contribution in [3.63, 3.8) is 0 Å². The van der Waals surface area contributed by atoms with Crippen LogP contribution in [0.5, 0.6) is 0 Å². The van der Waals surface area contributed by atoms with Gasteiger partial charge in [0.15, 0.2) is 0 Å². The summed E-state index contributed by atoms with van der Waals surface area (Å²) in [4.78, 5) is 4.74. The normalized spacial score (nSPS) is 13.2. The van der Waals surface area contributed by atoms with Gasteiger partial charge in [-0.2, -0.15) is 0 Å². The second kappa shape index (κ2) is 4.58. The van der Waals surface area contributed by atoms with E-state index in [1.54, 1.807) is 0 Å². The van der Waals surface area contributed by atoms with Crippen LogP contribution in [0.15, 0.2) is 30.5 Å². The van der Waals surface area contributed by atoms with Crippen molar-refractivity contribution >= 4 is 21.9 Å². The summed E-state index contributed by atoms with van der Waals surface area (Å²) >= 11 is 0. The predicted octanol–water partition coefficient (Wildman–Crippen LogP) is 5.32. The van der Waals surface area contributed by atoms with E-state index in [4.69, 9.17) is 4.98 Å². The number of aryl methyl sites for hydroxylation is 1. The van der Waals surface area contributed by atoms with Crippen LogP contribution in [0.3, 0.4) is 0 Å². The molecular formula is C20H26N2. The third-order valence-electron chi connectivity index (χ3n) is 4.56. The predicted molar refractivity (Wildman–Crippen MR) is 95.6 cm³/mol. The molecule has 116 valence electrons. The molecule has 0 N–H and O–H groups in total. The van der Waals surface area contributed by atoms with Gasteiger partial charge >= 0.3 is 0 Å². The van der Waals surface area contributed by atoms with Crippen molar-refractivity contribution in [3.05, 3.63) is 41.6 Å². The van der Waals surface area contributed by atoms with Crippen LogP contribution in [0.1, 0.15) is 52.7 Å². The zero-order chi connectivity index (χ0) is 16.3. The van der Waals surface area contributed by atoms with Crippen LogP contribution in [0.25, 0.3) is 21.9 Å². The van der Waals surface area contributed by atoms with Gasteiger partial charge in [-0.15, -0.1) is 0 Å². The summed E-state index contributed by atoms with van der Waals surface area (Å²) in [7, 11) is 2.10. The van der Waals surface area contributed by atoms with Crippen LogP contribution in [0.2, 0.25) is 0 Å². The fourth-order valence-corrected chi connectivity index (χ4v) is 2.96. The van der Waals surface area contributed by atoms with Crippen molar-refractivity contribution in [2.75, 3.05) is 0 Å². The lowest BCUT2D eigenvalue weighted by Gasteiger charge is -2.19. The van der Waals surface area contributed by atoms with Crippen molar-refractivity contribution in [1.82, 2.24) is 9.55 Å². The number of fused-ring (bicyclic) bond motifs is 3. The first-order valence-electron chi connectivity index (χ1n) is 7.98. The lowest BCUT2D eigenvalue weighted by atomic mass is 9.85. The van der Waals surface area contributed by atoms with Crippen molar-refractivity contribution in [1.29, 1.82) is 0 Å². The minimum atomic E-state index is 0.116. The standard InChI is InChI=1S/C20H26N2/c1-19(2,3)13-8-9-17-15(10-13)16-11-14(20(4,5)6)12-21-18(16)22(17)7/h8-12H,1-7H3. The van der Waals surface area contributed by atoms with E-state index >= 15 is 0 Å². The van der Waals surface area contributed by atoms with Crippen molar-refractivity contribution in [2.45, 2.75) is 52.4 Å². The number of rotatable bonds is 0. The minimum absolute atomic E-state index is 0.116. The monoisotopic (exact) mass is 294 g/mol. The molecule has 2 aromatic heterocycles. The first kappa shape index (κ1) is 15.1. The molecule has 2 heteroatoms. The maximum Gasteiger partial charge on any atom is 0.140 e. The Morgan fingerprint density at radius 3 is 2.00 bits per heavy atom. The van der Waals surface area contributed by atoms with Gasteiger partial charge in [-0.1, -0.05) is 47.6 Å². The Balaban J connectivity index is 2.38. The largest absolute Gasteiger partial charge is 0.328 e. The number of aromatic nitrogens is 2. The molecule has 0 unspecified atom stereocenters. The molecular weight excluding hydrogens is 268 g/mol. The molecule has 0 bridgehead atoms. The number of pyridine rings is 1. The van der Waals surface area contributed by atoms with E-state index in [9.17, 15) is 0 Å². The molecule has 0 fully saturated rings. The van der Waals surface area contributed by atoms with Gasteiger partial charge in [-0.25, -0.2) is 4.98 Å². The lowest BCUT2D eigenvalue weighted by molar-refractivity contribution is 0.588. The molecule has 2 heterocycles. The summed E-state index contributed by atoms with van der Waals surface area (Å²) in [5, 5.41) is 2.57. The Hall–Kier alpha value is -1.83. The van der Waals surface area contributed by atoms with Gasteiger partial charge in [0.1, 0.15) is 5.65 Å². The molecule has 0 spiro atoms. The fraction of sp³-hybridized carbons (Fsp3) is 0.450. The van der Waals surface area contributed by atoms with Gasteiger partial charge in [-0.05, 0) is 40.2 Å². The van der Waals surface area contributed by atoms with Crippen molar-refractivity contribution in [2.24, 2.45) is 7.05 Å². The van der Waals surface area contributed by atoms with E-state index in [-0.39, 0.29) is 10.8 Å². The van der Waals surface area contributed by atoms with Crippen LogP contribution in [0.4, 0.5) is 0 Å². The highest BCUT2D eigenvalue weighted by Gasteiger charge is 2.19. The average Bonchev–Trinajstić information content (AvgIpc) is 2.70. The SMILES string of the molecule is Cn1c2ccc(C(C)(C)C)cc2c2cc(C(C)(C)C)cnc21. The molecule has 0 aliphatic heterocycles. The zero-order valence-corrected chi connectivity index (χ0v) is 14.8. The third kappa shape index (κ3) is 2.31. The minimum Gasteiger partial charge on any atom is -0.328 e. The molecule has 2 nitrogen and oxygen atoms in total. The Bertz CT molecular complexity index is 784. The van der Waals surface area contributed by atoms with E-state index in [1.165, 1.54) is 27.4 Å². The van der Waals surface area contributed by atoms with E-state index in [2.05, 4.69) is 77.4 Å². The smallest absolute Gasteiger partial charge is 0.140 e. The summed E-state index contributed by atoms with van der Waals surface area (Å²) in [5.41, 5.74) is 5.24. The number of benzene rings is 1. The maximum absolute atomic E-state index is 4.74. The van der Waals surface area contributed by atoms with Crippen molar-refractivity contribution < 1.29 is 0 Å². The van der Waals surface area contributed by atoms with Gasteiger partial charge in [0.2, 0.25) is 0 Å². The molecule has 0 atom stereocenters. The fourth-order valence-electron chi connectivity index (χ4n) is 2.96. The summed E-state index contributed by atoms with van der Waals surface area (Å²) in [6.45, 7) is 13.5. The molecule has 3 rings (SSSR count). The van der Waals surface area contributed by atoms with E-state index < -0.39 is 0 Å². The maximum atomic E-state index is 4.74. The molecule has 1 aromatic carbocycles. The highest BCUT2D eigenvalue weighted by atomic mass is 15.0. The quantitative estimate of drug-likeness (QED) is 0.548. The molecule has 0 radical (unpaired) electrons. The Morgan fingerprint density at radius 1 is 0.818 bits per heavy atom. The number of hydrogen-bond acceptors (Lipinski definition) is 1.